The quantitative estimate of drug-likeness (QED) is 0.426. The highest BCUT2D eigenvalue weighted by Crippen LogP contribution is 2.59. The predicted octanol–water partition coefficient (Wildman–Crippen LogP) is 2.11. The van der Waals surface area contributed by atoms with Crippen LogP contribution in [0.25, 0.3) is 0 Å². The van der Waals surface area contributed by atoms with Crippen molar-refractivity contribution < 1.29 is 18.4 Å². The van der Waals surface area contributed by atoms with Gasteiger partial charge in [-0.15, -0.1) is 0 Å². The third kappa shape index (κ3) is 5.25. The molecule has 7 heteroatoms. The lowest BCUT2D eigenvalue weighted by Crippen LogP contribution is -2.19. The normalized spacial score (nSPS) is 15.7. The minimum Gasteiger partial charge on any atom is -0.422 e. The van der Waals surface area contributed by atoms with E-state index in [-0.39, 0.29) is 11.7 Å². The molecule has 0 aromatic carbocycles. The van der Waals surface area contributed by atoms with Crippen LogP contribution in [0.1, 0.15) is 6.92 Å². The van der Waals surface area contributed by atoms with Crippen LogP contribution in [-0.4, -0.2) is 38.3 Å². The number of rotatable bonds is 5. The van der Waals surface area contributed by atoms with Crippen LogP contribution in [0.3, 0.4) is 0 Å². The molecule has 1 unspecified atom stereocenters. The molecule has 0 spiro atoms. The Hall–Kier alpha value is -0.450. The van der Waals surface area contributed by atoms with E-state index in [4.69, 9.17) is 9.05 Å². The van der Waals surface area contributed by atoms with Gasteiger partial charge < -0.3 is 9.42 Å². The Morgan fingerprint density at radius 1 is 1.47 bits per heavy atom. The van der Waals surface area contributed by atoms with Crippen LogP contribution < -0.4 is 0 Å². The Kier molecular flexibility index (Phi) is 6.02. The van der Waals surface area contributed by atoms with Crippen molar-refractivity contribution in [3.8, 4) is 0 Å². The van der Waals surface area contributed by atoms with Crippen molar-refractivity contribution in [2.45, 2.75) is 6.92 Å². The Morgan fingerprint density at radius 3 is 2.33 bits per heavy atom. The van der Waals surface area contributed by atoms with E-state index in [1.54, 1.807) is 27.3 Å². The molecule has 1 atom stereocenters. The van der Waals surface area contributed by atoms with Gasteiger partial charge in [-0.2, -0.15) is 0 Å². The van der Waals surface area contributed by atoms with Gasteiger partial charge in [0.05, 0.1) is 0 Å². The molecule has 0 bridgehead atoms. The van der Waals surface area contributed by atoms with E-state index >= 15 is 0 Å². The molecule has 0 heterocycles. The van der Waals surface area contributed by atoms with Gasteiger partial charge in [-0.25, -0.2) is 4.57 Å². The van der Waals surface area contributed by atoms with Crippen molar-refractivity contribution in [1.29, 1.82) is 0 Å². The molecule has 15 heavy (non-hydrogen) atoms. The van der Waals surface area contributed by atoms with Crippen LogP contribution in [0, 0.1) is 0 Å². The summed E-state index contributed by atoms with van der Waals surface area (Å²) in [6, 6.07) is 0. The summed E-state index contributed by atoms with van der Waals surface area (Å²) in [7, 11) is 4.55. The van der Waals surface area contributed by atoms with E-state index in [0.29, 0.717) is 0 Å². The summed E-state index contributed by atoms with van der Waals surface area (Å²) in [5.74, 6) is 0.0458. The van der Waals surface area contributed by atoms with Crippen LogP contribution in [0.2, 0.25) is 0 Å². The Morgan fingerprint density at radius 2 is 2.00 bits per heavy atom. The Bertz CT molecular complexity index is 295. The molecule has 5 nitrogen and oxygen atoms in total. The van der Waals surface area contributed by atoms with Gasteiger partial charge in [0, 0.05) is 27.3 Å². The van der Waals surface area contributed by atoms with Crippen LogP contribution in [0.15, 0.2) is 11.8 Å². The summed E-state index contributed by atoms with van der Waals surface area (Å²) in [4.78, 5) is 12.6. The van der Waals surface area contributed by atoms with Crippen molar-refractivity contribution in [2.75, 3.05) is 27.5 Å². The van der Waals surface area contributed by atoms with Gasteiger partial charge >= 0.3 is 6.80 Å². The summed E-state index contributed by atoms with van der Waals surface area (Å²) in [6.45, 7) is -1.59. The third-order valence-electron chi connectivity index (χ3n) is 1.47. The molecular weight excluding hydrogens is 237 g/mol. The van der Waals surface area contributed by atoms with Gasteiger partial charge in [-0.1, -0.05) is 0 Å². The van der Waals surface area contributed by atoms with Crippen LogP contribution >= 0.6 is 18.2 Å². The highest BCUT2D eigenvalue weighted by atomic mass is 32.7. The molecule has 0 aromatic heterocycles. The molecule has 0 aliphatic rings. The second-order valence-corrected chi connectivity index (χ2v) is 7.14. The number of likely N-dealkylation sites (N-methyl/N-ethyl adjacent to an activating group) is 1. The van der Waals surface area contributed by atoms with E-state index in [9.17, 15) is 9.36 Å². The van der Waals surface area contributed by atoms with E-state index in [1.165, 1.54) is 18.1 Å². The van der Waals surface area contributed by atoms with Gasteiger partial charge in [-0.05, 0) is 24.6 Å². The van der Waals surface area contributed by atoms with E-state index in [1.807, 2.05) is 0 Å². The van der Waals surface area contributed by atoms with Gasteiger partial charge in [-0.3, -0.25) is 9.32 Å². The highest BCUT2D eigenvalue weighted by Gasteiger charge is 2.23. The number of amides is 1. The topological polar surface area (TPSA) is 55.8 Å². The summed E-state index contributed by atoms with van der Waals surface area (Å²) < 4.78 is 21.5. The number of hydrogen-bond donors (Lipinski definition) is 0. The molecule has 0 N–H and O–H groups in total. The first kappa shape index (κ1) is 14.6. The lowest BCUT2D eigenvalue weighted by Gasteiger charge is -2.15. The van der Waals surface area contributed by atoms with Gasteiger partial charge in [0.25, 0.3) is 0 Å². The minimum absolute atomic E-state index is 0.226. The Balaban J connectivity index is 4.55. The zero-order chi connectivity index (χ0) is 12.1. The fourth-order valence-electron chi connectivity index (χ4n) is 0.655. The van der Waals surface area contributed by atoms with Crippen molar-refractivity contribution in [3.63, 3.8) is 0 Å². The lowest BCUT2D eigenvalue weighted by atomic mass is 10.4. The molecule has 0 aliphatic heterocycles. The van der Waals surface area contributed by atoms with E-state index < -0.39 is 6.80 Å². The second kappa shape index (κ2) is 6.20. The van der Waals surface area contributed by atoms with Gasteiger partial charge in [0.1, 0.15) is 5.76 Å². The predicted molar refractivity (Wildman–Crippen MR) is 61.7 cm³/mol. The zero-order valence-electron chi connectivity index (χ0n) is 9.51. The van der Waals surface area contributed by atoms with Crippen LogP contribution in [0.5, 0.6) is 0 Å². The molecule has 0 fully saturated rings. The summed E-state index contributed by atoms with van der Waals surface area (Å²) >= 11 is 0.981. The number of nitrogens with zero attached hydrogens (tertiary/aromatic N) is 1. The lowest BCUT2D eigenvalue weighted by molar-refractivity contribution is -0.123. The molecule has 0 aromatic rings. The molecule has 1 amide bonds. The molecule has 0 rings (SSSR count). The smallest absolute Gasteiger partial charge is 0.422 e. The number of allylic oxidation sites excluding steroid dienone is 1. The molecular formula is C8H16NO4PS. The summed E-state index contributed by atoms with van der Waals surface area (Å²) in [5, 5.41) is 0. The van der Waals surface area contributed by atoms with Crippen molar-refractivity contribution in [2.24, 2.45) is 0 Å². The van der Waals surface area contributed by atoms with E-state index in [2.05, 4.69) is 0 Å². The molecule has 0 saturated heterocycles. The number of hydrogen-bond acceptors (Lipinski definition) is 5. The average molecular weight is 253 g/mol. The van der Waals surface area contributed by atoms with Crippen molar-refractivity contribution >= 4 is 24.1 Å². The van der Waals surface area contributed by atoms with Crippen molar-refractivity contribution in [3.05, 3.63) is 11.8 Å². The molecule has 0 aliphatic carbocycles. The fraction of sp³-hybridized carbons (Fsp3) is 0.625. The van der Waals surface area contributed by atoms with Gasteiger partial charge in [0.15, 0.2) is 0 Å². The number of carbonyl (C=O) groups excluding carboxylic acids is 1. The van der Waals surface area contributed by atoms with Crippen molar-refractivity contribution in [1.82, 2.24) is 4.90 Å². The van der Waals surface area contributed by atoms with Gasteiger partial charge in [0.2, 0.25) is 5.91 Å². The first-order valence-corrected chi connectivity index (χ1v) is 7.52. The maximum Gasteiger partial charge on any atom is 0.439 e. The maximum absolute atomic E-state index is 11.7. The van der Waals surface area contributed by atoms with Crippen LogP contribution in [0.4, 0.5) is 0 Å². The maximum atomic E-state index is 11.7. The highest BCUT2D eigenvalue weighted by molar-refractivity contribution is 8.54. The average Bonchev–Trinajstić information content (AvgIpc) is 2.17. The van der Waals surface area contributed by atoms with E-state index in [0.717, 1.165) is 11.4 Å². The first-order chi connectivity index (χ1) is 6.84. The fourth-order valence-corrected chi connectivity index (χ4v) is 2.38. The Labute approximate surface area is 94.1 Å². The zero-order valence-corrected chi connectivity index (χ0v) is 11.2. The largest absolute Gasteiger partial charge is 0.439 e. The first-order valence-electron chi connectivity index (χ1n) is 4.15. The monoisotopic (exact) mass is 253 g/mol. The number of carbonyl (C=O) groups is 1. The summed E-state index contributed by atoms with van der Waals surface area (Å²) in [6.07, 6.45) is 2.88. The minimum atomic E-state index is -3.15. The summed E-state index contributed by atoms with van der Waals surface area (Å²) in [5.41, 5.74) is 0. The molecule has 88 valence electrons. The third-order valence-corrected chi connectivity index (χ3v) is 4.89. The second-order valence-electron chi connectivity index (χ2n) is 2.89. The molecule has 0 saturated carbocycles. The standard InChI is InChI=1S/C8H16NO4PS/c1-7(6-8(10)9(2)3)13-14(11,12-4)15-5/h6H,1-5H3/b7-6+. The van der Waals surface area contributed by atoms with Crippen LogP contribution in [-0.2, 0) is 18.4 Å². The molecule has 0 radical (unpaired) electrons. The SMILES string of the molecule is COP(=O)(O/C(C)=C/C(=O)N(C)C)SC.